The highest BCUT2D eigenvalue weighted by atomic mass is 32.2. The molecule has 0 aliphatic heterocycles. The van der Waals surface area contributed by atoms with Gasteiger partial charge in [0.25, 0.3) is 10.1 Å². The molecule has 1 rings (SSSR count). The molecule has 0 aromatic heterocycles. The van der Waals surface area contributed by atoms with Crippen LogP contribution in [0.1, 0.15) is 47.5 Å². The van der Waals surface area contributed by atoms with Crippen LogP contribution in [0.15, 0.2) is 30.3 Å². The van der Waals surface area contributed by atoms with E-state index in [0.717, 1.165) is 0 Å². The minimum atomic E-state index is -3.97. The Morgan fingerprint density at radius 1 is 0.943 bits per heavy atom. The first-order valence-corrected chi connectivity index (χ1v) is 14.3. The van der Waals surface area contributed by atoms with Crippen LogP contribution < -0.4 is 9.50 Å². The molecule has 0 aliphatic rings. The molecule has 1 unspecified atom stereocenters. The highest BCUT2D eigenvalue weighted by molar-refractivity contribution is 7.87. The SMILES string of the molecule is CC(OC(=O)NCCC(C)(C)COS(=O)(=O)CCCS(=O)(=O)Oc1ccccc1)OC(=O)C(C)C. The Balaban J connectivity index is 2.35. The van der Waals surface area contributed by atoms with E-state index in [1.54, 1.807) is 45.9 Å². The molecule has 0 aliphatic carbocycles. The molecule has 0 saturated carbocycles. The van der Waals surface area contributed by atoms with Crippen LogP contribution in [0.2, 0.25) is 0 Å². The summed E-state index contributed by atoms with van der Waals surface area (Å²) in [5.41, 5.74) is -0.626. The van der Waals surface area contributed by atoms with Crippen LogP contribution in [0, 0.1) is 11.3 Å². The van der Waals surface area contributed by atoms with Crippen molar-refractivity contribution in [2.75, 3.05) is 24.7 Å². The van der Waals surface area contributed by atoms with Gasteiger partial charge in [-0.25, -0.2) is 4.79 Å². The molecular formula is C22H35NO10S2. The molecule has 1 aromatic carbocycles. The maximum absolute atomic E-state index is 12.2. The van der Waals surface area contributed by atoms with Crippen LogP contribution >= 0.6 is 0 Å². The van der Waals surface area contributed by atoms with Crippen molar-refractivity contribution < 1.29 is 44.3 Å². The third-order valence-electron chi connectivity index (χ3n) is 4.48. The molecule has 11 nitrogen and oxygen atoms in total. The van der Waals surface area contributed by atoms with Gasteiger partial charge in [-0.2, -0.15) is 16.8 Å². The van der Waals surface area contributed by atoms with E-state index in [4.69, 9.17) is 17.8 Å². The molecule has 13 heteroatoms. The first kappa shape index (κ1) is 30.7. The first-order chi connectivity index (χ1) is 16.1. The van der Waals surface area contributed by atoms with Crippen LogP contribution in [0.3, 0.4) is 0 Å². The van der Waals surface area contributed by atoms with Crippen molar-refractivity contribution in [1.82, 2.24) is 5.32 Å². The van der Waals surface area contributed by atoms with Gasteiger partial charge in [-0.1, -0.05) is 45.9 Å². The van der Waals surface area contributed by atoms with Gasteiger partial charge in [0.05, 0.1) is 24.0 Å². The van der Waals surface area contributed by atoms with Gasteiger partial charge in [0.2, 0.25) is 6.29 Å². The molecule has 35 heavy (non-hydrogen) atoms. The Morgan fingerprint density at radius 2 is 1.54 bits per heavy atom. The second-order valence-corrected chi connectivity index (χ2v) is 12.4. The molecule has 0 saturated heterocycles. The predicted molar refractivity (Wildman–Crippen MR) is 128 cm³/mol. The van der Waals surface area contributed by atoms with Gasteiger partial charge in [0, 0.05) is 13.5 Å². The van der Waals surface area contributed by atoms with E-state index < -0.39 is 55.5 Å². The first-order valence-electron chi connectivity index (χ1n) is 11.1. The van der Waals surface area contributed by atoms with E-state index in [0.29, 0.717) is 6.42 Å². The number of benzene rings is 1. The zero-order chi connectivity index (χ0) is 26.7. The molecule has 1 atom stereocenters. The number of alkyl carbamates (subject to hydrolysis) is 1. The van der Waals surface area contributed by atoms with Crippen LogP contribution in [0.25, 0.3) is 0 Å². The Morgan fingerprint density at radius 3 is 2.14 bits per heavy atom. The van der Waals surface area contributed by atoms with Crippen molar-refractivity contribution in [1.29, 1.82) is 0 Å². The van der Waals surface area contributed by atoms with Gasteiger partial charge < -0.3 is 19.0 Å². The number of para-hydroxylation sites is 1. The Hall–Kier alpha value is -2.38. The summed E-state index contributed by atoms with van der Waals surface area (Å²) in [5.74, 6) is -1.67. The van der Waals surface area contributed by atoms with Gasteiger partial charge in [0.1, 0.15) is 5.75 Å². The normalized spacial score (nSPS) is 13.2. The Bertz CT molecular complexity index is 1020. The van der Waals surface area contributed by atoms with Gasteiger partial charge in [0.15, 0.2) is 0 Å². The number of nitrogens with one attached hydrogen (secondary N) is 1. The van der Waals surface area contributed by atoms with Gasteiger partial charge >= 0.3 is 22.2 Å². The standard InChI is InChI=1S/C22H35NO10S2/c1-17(2)20(24)31-18(3)32-21(25)23-13-12-22(4,5)16-30-34(26,27)14-9-15-35(28,29)33-19-10-7-6-8-11-19/h6-8,10-11,17-18H,9,12-16H2,1-5H3,(H,23,25). The minimum absolute atomic E-state index is 0.150. The number of ether oxygens (including phenoxy) is 2. The second kappa shape index (κ2) is 13.6. The summed E-state index contributed by atoms with van der Waals surface area (Å²) in [7, 11) is -7.91. The van der Waals surface area contributed by atoms with E-state index in [9.17, 15) is 26.4 Å². The highest BCUT2D eigenvalue weighted by Crippen LogP contribution is 2.21. The van der Waals surface area contributed by atoms with Gasteiger partial charge in [-0.05, 0) is 30.4 Å². The molecule has 0 bridgehead atoms. The molecule has 0 fully saturated rings. The maximum Gasteiger partial charge on any atom is 0.410 e. The second-order valence-electron chi connectivity index (χ2n) is 8.94. The summed E-state index contributed by atoms with van der Waals surface area (Å²) in [5, 5.41) is 2.50. The zero-order valence-electron chi connectivity index (χ0n) is 20.7. The fourth-order valence-electron chi connectivity index (χ4n) is 2.48. The molecule has 200 valence electrons. The van der Waals surface area contributed by atoms with Crippen LogP contribution in [0.4, 0.5) is 4.79 Å². The molecule has 1 N–H and O–H groups in total. The molecule has 0 radical (unpaired) electrons. The number of amides is 1. The minimum Gasteiger partial charge on any atom is -0.425 e. The number of carbonyl (C=O) groups excluding carboxylic acids is 2. The van der Waals surface area contributed by atoms with Crippen molar-refractivity contribution in [2.24, 2.45) is 11.3 Å². The van der Waals surface area contributed by atoms with Crippen molar-refractivity contribution in [3.63, 3.8) is 0 Å². The lowest BCUT2D eigenvalue weighted by Crippen LogP contribution is -2.34. The molecule has 0 spiro atoms. The van der Waals surface area contributed by atoms with E-state index in [1.165, 1.54) is 19.1 Å². The average Bonchev–Trinajstić information content (AvgIpc) is 2.72. The molecule has 0 heterocycles. The largest absolute Gasteiger partial charge is 0.425 e. The van der Waals surface area contributed by atoms with Crippen molar-refractivity contribution in [3.05, 3.63) is 30.3 Å². The third-order valence-corrected chi connectivity index (χ3v) is 6.98. The van der Waals surface area contributed by atoms with Crippen LogP contribution in [-0.2, 0) is 38.7 Å². The highest BCUT2D eigenvalue weighted by Gasteiger charge is 2.24. The molecule has 1 aromatic rings. The summed E-state index contributed by atoms with van der Waals surface area (Å²) in [6.07, 6.45) is -1.66. The Kier molecular flexibility index (Phi) is 11.9. The van der Waals surface area contributed by atoms with E-state index in [2.05, 4.69) is 5.32 Å². The average molecular weight is 538 g/mol. The number of hydrogen-bond donors (Lipinski definition) is 1. The van der Waals surface area contributed by atoms with E-state index in [1.807, 2.05) is 0 Å². The number of hydrogen-bond acceptors (Lipinski definition) is 10. The fourth-order valence-corrected chi connectivity index (χ4v) is 4.76. The van der Waals surface area contributed by atoms with Gasteiger partial charge in [-0.15, -0.1) is 0 Å². The summed E-state index contributed by atoms with van der Waals surface area (Å²) in [6, 6.07) is 7.91. The third kappa shape index (κ3) is 13.9. The maximum atomic E-state index is 12.2. The smallest absolute Gasteiger partial charge is 0.410 e. The number of esters is 1. The topological polar surface area (TPSA) is 151 Å². The fraction of sp³-hybridized carbons (Fsp3) is 0.636. The Labute approximate surface area is 207 Å². The molecular weight excluding hydrogens is 502 g/mol. The summed E-state index contributed by atoms with van der Waals surface area (Å²) >= 11 is 0. The monoisotopic (exact) mass is 537 g/mol. The van der Waals surface area contributed by atoms with Crippen LogP contribution in [-0.4, -0.2) is 59.8 Å². The summed E-state index contributed by atoms with van der Waals surface area (Å²) in [4.78, 5) is 23.3. The van der Waals surface area contributed by atoms with Crippen molar-refractivity contribution in [2.45, 2.75) is 53.8 Å². The lowest BCUT2D eigenvalue weighted by atomic mass is 9.91. The lowest BCUT2D eigenvalue weighted by molar-refractivity contribution is -0.168. The quantitative estimate of drug-likeness (QED) is 0.201. The molecule has 1 amide bonds. The lowest BCUT2D eigenvalue weighted by Gasteiger charge is -2.24. The van der Waals surface area contributed by atoms with Crippen molar-refractivity contribution >= 4 is 32.3 Å². The summed E-state index contributed by atoms with van der Waals surface area (Å²) < 4.78 is 68.2. The van der Waals surface area contributed by atoms with Crippen LogP contribution in [0.5, 0.6) is 5.75 Å². The number of rotatable bonds is 15. The number of carbonyl (C=O) groups is 2. The van der Waals surface area contributed by atoms with E-state index in [-0.39, 0.29) is 31.2 Å². The van der Waals surface area contributed by atoms with Crippen molar-refractivity contribution in [3.8, 4) is 5.75 Å². The zero-order valence-corrected chi connectivity index (χ0v) is 22.3. The summed E-state index contributed by atoms with van der Waals surface area (Å²) in [6.45, 7) is 8.23. The predicted octanol–water partition coefficient (Wildman–Crippen LogP) is 2.82. The van der Waals surface area contributed by atoms with Gasteiger partial charge in [-0.3, -0.25) is 8.98 Å². The van der Waals surface area contributed by atoms with E-state index >= 15 is 0 Å².